The van der Waals surface area contributed by atoms with Crippen LogP contribution in [-0.4, -0.2) is 0 Å². The summed E-state index contributed by atoms with van der Waals surface area (Å²) in [5, 5.41) is 0. The molecule has 1 fully saturated rings. The predicted molar refractivity (Wildman–Crippen MR) is 343 cm³/mol. The standard InChI is InChI=1S/C79H92/c1-6-10-12-14-15-16-19-27-59(5)77(74-53-54-76(58-74)79(72-45-37-66(38-46-72)62(8-3)9-4)73-51-43-68(44-52-73)64-31-23-18-24-32-64)57-60(28-20-13-11-7-2)55-61-35-36-75(56-61)78(71-49-41-69(42-50-71)65-33-25-26-34-65)70-47-39-67(40-48-70)63-29-21-17-22-30-63/h17-18,21-24,29-32,35-55,57,62,65,78-79H,5-16,19-20,25-28,33-34,56,58H2,1-4H3/b60-55+,77-57+. The molecule has 0 aliphatic heterocycles. The number of hydrogen-bond donors (Lipinski definition) is 0. The molecule has 0 N–H and O–H groups in total. The molecule has 1 saturated carbocycles. The van der Waals surface area contributed by atoms with Gasteiger partial charge in [-0.15, -0.1) is 0 Å². The van der Waals surface area contributed by atoms with Gasteiger partial charge in [-0.1, -0.05) is 310 Å². The number of rotatable bonds is 29. The molecule has 6 aromatic carbocycles. The third-order valence-corrected chi connectivity index (χ3v) is 17.9. The molecule has 3 aliphatic carbocycles. The van der Waals surface area contributed by atoms with Crippen molar-refractivity contribution in [1.29, 1.82) is 0 Å². The summed E-state index contributed by atoms with van der Waals surface area (Å²) in [5.74, 6) is 1.65. The number of unbranched alkanes of at least 4 members (excludes halogenated alkanes) is 9. The Kier molecular flexibility index (Phi) is 21.5. The first kappa shape index (κ1) is 57.2. The summed E-state index contributed by atoms with van der Waals surface area (Å²) in [5.41, 5.74) is 23.4. The summed E-state index contributed by atoms with van der Waals surface area (Å²) in [7, 11) is 0. The second-order valence-electron chi connectivity index (χ2n) is 23.5. The SMILES string of the molecule is C=C(CCCCCCCCC)/C(=C\C(=C\C1=CC=C(C(c2ccc(-c3ccccc3)cc2)c2ccc(C3CCCC3)cc2)C1)CCCCCC)C1=CC=C(C(c2ccc(-c3ccccc3)cc2)c2ccc(C(CC)CC)cc2)C1. The van der Waals surface area contributed by atoms with E-state index in [1.165, 1.54) is 204 Å². The van der Waals surface area contributed by atoms with Crippen molar-refractivity contribution in [1.82, 2.24) is 0 Å². The summed E-state index contributed by atoms with van der Waals surface area (Å²) < 4.78 is 0. The van der Waals surface area contributed by atoms with Crippen LogP contribution in [0.25, 0.3) is 22.3 Å². The Morgan fingerprint density at radius 1 is 0.456 bits per heavy atom. The number of benzene rings is 6. The van der Waals surface area contributed by atoms with Crippen molar-refractivity contribution in [3.63, 3.8) is 0 Å². The zero-order valence-corrected chi connectivity index (χ0v) is 48.8. The second-order valence-corrected chi connectivity index (χ2v) is 23.5. The van der Waals surface area contributed by atoms with Gasteiger partial charge in [0.05, 0.1) is 0 Å². The average molecular weight is 1040 g/mol. The average Bonchev–Trinajstić information content (AvgIpc) is 4.37. The second kappa shape index (κ2) is 29.6. The lowest BCUT2D eigenvalue weighted by Gasteiger charge is -2.23. The van der Waals surface area contributed by atoms with Crippen molar-refractivity contribution in [3.05, 3.63) is 273 Å². The number of hydrogen-bond acceptors (Lipinski definition) is 0. The molecule has 6 aromatic rings. The maximum Gasteiger partial charge on any atom is 0.0305 e. The van der Waals surface area contributed by atoms with Gasteiger partial charge in [-0.25, -0.2) is 0 Å². The quantitative estimate of drug-likeness (QED) is 0.0324. The summed E-state index contributed by atoms with van der Waals surface area (Å²) in [6.07, 6.45) is 40.8. The van der Waals surface area contributed by atoms with E-state index < -0.39 is 0 Å². The Bertz CT molecular complexity index is 3030. The van der Waals surface area contributed by atoms with Crippen molar-refractivity contribution in [2.75, 3.05) is 0 Å². The largest absolute Gasteiger partial charge is 0.0952 e. The first-order chi connectivity index (χ1) is 38.9. The van der Waals surface area contributed by atoms with Crippen molar-refractivity contribution < 1.29 is 0 Å². The van der Waals surface area contributed by atoms with Crippen molar-refractivity contribution in [2.45, 2.75) is 186 Å². The molecular formula is C79H92. The minimum atomic E-state index is 0.158. The van der Waals surface area contributed by atoms with E-state index in [9.17, 15) is 0 Å². The third-order valence-electron chi connectivity index (χ3n) is 17.9. The highest BCUT2D eigenvalue weighted by atomic mass is 14.3. The molecule has 0 heteroatoms. The maximum atomic E-state index is 4.98. The van der Waals surface area contributed by atoms with E-state index in [1.54, 1.807) is 0 Å². The van der Waals surface area contributed by atoms with Gasteiger partial charge in [-0.3, -0.25) is 0 Å². The molecule has 0 nitrogen and oxygen atoms in total. The predicted octanol–water partition coefficient (Wildman–Crippen LogP) is 23.6. The van der Waals surface area contributed by atoms with Crippen molar-refractivity contribution >= 4 is 0 Å². The summed E-state index contributed by atoms with van der Waals surface area (Å²) in [6, 6.07) is 60.1. The van der Waals surface area contributed by atoms with Gasteiger partial charge in [0.1, 0.15) is 0 Å². The fourth-order valence-corrected chi connectivity index (χ4v) is 13.2. The number of allylic oxidation sites excluding steroid dienone is 13. The van der Waals surface area contributed by atoms with Gasteiger partial charge >= 0.3 is 0 Å². The Morgan fingerprint density at radius 2 is 0.899 bits per heavy atom. The first-order valence-electron chi connectivity index (χ1n) is 31.3. The van der Waals surface area contributed by atoms with Gasteiger partial charge < -0.3 is 0 Å². The van der Waals surface area contributed by atoms with Gasteiger partial charge in [0.25, 0.3) is 0 Å². The smallest absolute Gasteiger partial charge is 0.0305 e. The van der Waals surface area contributed by atoms with Crippen LogP contribution < -0.4 is 0 Å². The van der Waals surface area contributed by atoms with Crippen LogP contribution in [0.4, 0.5) is 0 Å². The van der Waals surface area contributed by atoms with Gasteiger partial charge in [-0.05, 0) is 160 Å². The molecule has 0 amide bonds. The van der Waals surface area contributed by atoms with Gasteiger partial charge in [0, 0.05) is 11.8 Å². The molecule has 408 valence electrons. The van der Waals surface area contributed by atoms with E-state index >= 15 is 0 Å². The Hall–Kier alpha value is -6.50. The molecule has 0 aromatic heterocycles. The topological polar surface area (TPSA) is 0 Å². The van der Waals surface area contributed by atoms with E-state index in [4.69, 9.17) is 6.58 Å². The molecule has 9 rings (SSSR count). The Morgan fingerprint density at radius 3 is 1.44 bits per heavy atom. The summed E-state index contributed by atoms with van der Waals surface area (Å²) in [6.45, 7) is 14.3. The molecule has 0 spiro atoms. The Labute approximate surface area is 479 Å². The highest BCUT2D eigenvalue weighted by Crippen LogP contribution is 2.45. The lowest BCUT2D eigenvalue weighted by molar-refractivity contribution is 0.589. The molecule has 0 heterocycles. The maximum absolute atomic E-state index is 4.98. The van der Waals surface area contributed by atoms with Gasteiger partial charge in [0.15, 0.2) is 0 Å². The van der Waals surface area contributed by atoms with E-state index in [2.05, 4.69) is 222 Å². The fraction of sp³-hybridized carbons (Fsp3) is 0.367. The first-order valence-corrected chi connectivity index (χ1v) is 31.3. The van der Waals surface area contributed by atoms with Crippen LogP contribution in [0.5, 0.6) is 0 Å². The molecule has 0 saturated heterocycles. The van der Waals surface area contributed by atoms with E-state index in [-0.39, 0.29) is 11.8 Å². The van der Waals surface area contributed by atoms with Crippen LogP contribution in [0, 0.1) is 0 Å². The van der Waals surface area contributed by atoms with Crippen LogP contribution in [0.2, 0.25) is 0 Å². The third kappa shape index (κ3) is 15.5. The zero-order chi connectivity index (χ0) is 54.6. The molecule has 3 aliphatic rings. The monoisotopic (exact) mass is 1040 g/mol. The Balaban J connectivity index is 1.02. The normalized spacial score (nSPS) is 15.8. The summed E-state index contributed by atoms with van der Waals surface area (Å²) >= 11 is 0. The van der Waals surface area contributed by atoms with Crippen LogP contribution in [0.3, 0.4) is 0 Å². The molecular weight excluding hydrogens is 949 g/mol. The highest BCUT2D eigenvalue weighted by molar-refractivity contribution is 5.66. The van der Waals surface area contributed by atoms with Crippen molar-refractivity contribution in [2.24, 2.45) is 0 Å². The molecule has 0 radical (unpaired) electrons. The van der Waals surface area contributed by atoms with Gasteiger partial charge in [0.2, 0.25) is 0 Å². The molecule has 2 unspecified atom stereocenters. The van der Waals surface area contributed by atoms with E-state index in [0.29, 0.717) is 11.8 Å². The van der Waals surface area contributed by atoms with Crippen LogP contribution in [0.1, 0.15) is 220 Å². The van der Waals surface area contributed by atoms with Crippen LogP contribution in [-0.2, 0) is 0 Å². The minimum absolute atomic E-state index is 0.158. The van der Waals surface area contributed by atoms with Crippen molar-refractivity contribution in [3.8, 4) is 22.3 Å². The molecule has 2 atom stereocenters. The fourth-order valence-electron chi connectivity index (χ4n) is 13.2. The lowest BCUT2D eigenvalue weighted by atomic mass is 9.81. The minimum Gasteiger partial charge on any atom is -0.0952 e. The van der Waals surface area contributed by atoms with E-state index in [0.717, 1.165) is 25.7 Å². The van der Waals surface area contributed by atoms with Gasteiger partial charge in [-0.2, -0.15) is 0 Å². The zero-order valence-electron chi connectivity index (χ0n) is 48.8. The van der Waals surface area contributed by atoms with Crippen LogP contribution in [0.15, 0.2) is 240 Å². The highest BCUT2D eigenvalue weighted by Gasteiger charge is 2.27. The lowest BCUT2D eigenvalue weighted by Crippen LogP contribution is -2.06. The summed E-state index contributed by atoms with van der Waals surface area (Å²) in [4.78, 5) is 0. The van der Waals surface area contributed by atoms with E-state index in [1.807, 2.05) is 0 Å². The molecule has 0 bridgehead atoms. The molecule has 79 heavy (non-hydrogen) atoms. The van der Waals surface area contributed by atoms with Crippen LogP contribution >= 0.6 is 0 Å².